The third kappa shape index (κ3) is 7.98. The first-order chi connectivity index (χ1) is 15.8. The molecule has 1 aromatic carbocycles. The minimum Gasteiger partial charge on any atom is -0.356 e. The topological polar surface area (TPSA) is 87.4 Å². The van der Waals surface area contributed by atoms with Crippen molar-refractivity contribution in [2.24, 2.45) is 4.99 Å². The molecule has 1 saturated heterocycles. The smallest absolute Gasteiger partial charge is 0.222 e. The zero-order valence-corrected chi connectivity index (χ0v) is 19.3. The van der Waals surface area contributed by atoms with E-state index >= 15 is 0 Å². The lowest BCUT2D eigenvalue weighted by atomic mass is 10.1. The molecule has 2 aromatic rings. The minimum atomic E-state index is 0.298. The largest absolute Gasteiger partial charge is 0.356 e. The van der Waals surface area contributed by atoms with E-state index in [1.165, 1.54) is 5.56 Å². The van der Waals surface area contributed by atoms with Gasteiger partial charge in [0.15, 0.2) is 5.96 Å². The van der Waals surface area contributed by atoms with Crippen molar-refractivity contribution in [1.29, 1.82) is 0 Å². The van der Waals surface area contributed by atoms with Gasteiger partial charge in [-0.2, -0.15) is 0 Å². The number of likely N-dealkylation sites (tertiary alicyclic amines) is 1. The Balaban J connectivity index is 1.48. The molecule has 0 bridgehead atoms. The predicted octanol–water partition coefficient (Wildman–Crippen LogP) is 2.41. The monoisotopic (exact) mass is 439 g/mol. The molecule has 0 radical (unpaired) electrons. The first kappa shape index (κ1) is 23.8. The van der Waals surface area contributed by atoms with Gasteiger partial charge in [0, 0.05) is 52.1 Å². The Labute approximate surface area is 191 Å². The van der Waals surface area contributed by atoms with Crippen LogP contribution in [0.2, 0.25) is 0 Å². The Morgan fingerprint density at radius 3 is 2.78 bits per heavy atom. The second-order valence-electron chi connectivity index (χ2n) is 8.16. The Kier molecular flexibility index (Phi) is 10.0. The second-order valence-corrected chi connectivity index (χ2v) is 8.16. The molecular formula is C24H37N7O. The number of nitrogens with zero attached hydrogens (tertiary/aromatic N) is 5. The number of hydrogen-bond donors (Lipinski definition) is 2. The molecule has 8 heteroatoms. The van der Waals surface area contributed by atoms with Gasteiger partial charge in [-0.25, -0.2) is 0 Å². The maximum absolute atomic E-state index is 12.2. The van der Waals surface area contributed by atoms with Crippen molar-refractivity contribution in [3.8, 4) is 0 Å². The summed E-state index contributed by atoms with van der Waals surface area (Å²) >= 11 is 0. The molecule has 0 atom stereocenters. The van der Waals surface area contributed by atoms with Gasteiger partial charge in [-0.1, -0.05) is 43.7 Å². The number of aliphatic imine (C=N–C) groups is 1. The van der Waals surface area contributed by atoms with Crippen molar-refractivity contribution in [1.82, 2.24) is 30.3 Å². The van der Waals surface area contributed by atoms with Crippen LogP contribution in [-0.2, 0) is 24.2 Å². The van der Waals surface area contributed by atoms with E-state index in [4.69, 9.17) is 4.99 Å². The molecule has 32 heavy (non-hydrogen) atoms. The zero-order valence-electron chi connectivity index (χ0n) is 19.3. The van der Waals surface area contributed by atoms with Crippen molar-refractivity contribution >= 4 is 11.9 Å². The van der Waals surface area contributed by atoms with Crippen LogP contribution in [0.3, 0.4) is 0 Å². The number of carbonyl (C=O) groups excluding carboxylic acids is 1. The van der Waals surface area contributed by atoms with Gasteiger partial charge in [0.25, 0.3) is 0 Å². The number of nitrogens with one attached hydrogen (secondary N) is 2. The van der Waals surface area contributed by atoms with E-state index in [0.717, 1.165) is 83.0 Å². The molecule has 3 rings (SSSR count). The molecule has 0 aliphatic carbocycles. The van der Waals surface area contributed by atoms with Gasteiger partial charge in [0.1, 0.15) is 12.2 Å². The van der Waals surface area contributed by atoms with Gasteiger partial charge in [-0.05, 0) is 31.2 Å². The van der Waals surface area contributed by atoms with Crippen LogP contribution in [-0.4, -0.2) is 64.3 Å². The quantitative estimate of drug-likeness (QED) is 0.319. The van der Waals surface area contributed by atoms with Gasteiger partial charge in [0.2, 0.25) is 5.91 Å². The van der Waals surface area contributed by atoms with Crippen LogP contribution in [0.15, 0.2) is 41.7 Å². The number of guanidine groups is 1. The van der Waals surface area contributed by atoms with Crippen molar-refractivity contribution < 1.29 is 4.79 Å². The van der Waals surface area contributed by atoms with E-state index in [0.29, 0.717) is 18.9 Å². The van der Waals surface area contributed by atoms with Crippen LogP contribution >= 0.6 is 0 Å². The molecule has 0 saturated carbocycles. The number of amides is 1. The normalized spacial score (nSPS) is 15.0. The number of carbonyl (C=O) groups is 1. The molecule has 2 N–H and O–H groups in total. The fraction of sp³-hybridized carbons (Fsp3) is 0.583. The van der Waals surface area contributed by atoms with Gasteiger partial charge >= 0.3 is 0 Å². The molecule has 2 heterocycles. The Morgan fingerprint density at radius 2 is 1.94 bits per heavy atom. The Hall–Kier alpha value is -2.90. The number of aryl methyl sites for hydroxylation is 1. The average Bonchev–Trinajstić information content (AvgIpc) is 3.17. The molecule has 1 aliphatic rings. The van der Waals surface area contributed by atoms with Crippen molar-refractivity contribution in [3.63, 3.8) is 0 Å². The predicted molar refractivity (Wildman–Crippen MR) is 128 cm³/mol. The summed E-state index contributed by atoms with van der Waals surface area (Å²) in [7, 11) is 0. The van der Waals surface area contributed by atoms with Crippen LogP contribution in [0.1, 0.15) is 50.4 Å². The highest BCUT2D eigenvalue weighted by Gasteiger charge is 2.15. The lowest BCUT2D eigenvalue weighted by Gasteiger charge is -2.20. The zero-order chi connectivity index (χ0) is 22.4. The molecule has 174 valence electrons. The first-order valence-corrected chi connectivity index (χ1v) is 12.0. The summed E-state index contributed by atoms with van der Waals surface area (Å²) in [5, 5.41) is 15.0. The highest BCUT2D eigenvalue weighted by Crippen LogP contribution is 2.11. The maximum Gasteiger partial charge on any atom is 0.222 e. The summed E-state index contributed by atoms with van der Waals surface area (Å²) in [4.78, 5) is 19.0. The van der Waals surface area contributed by atoms with Crippen molar-refractivity contribution in [2.75, 3.05) is 32.7 Å². The highest BCUT2D eigenvalue weighted by atomic mass is 16.2. The van der Waals surface area contributed by atoms with E-state index in [1.807, 2.05) is 11.0 Å². The summed E-state index contributed by atoms with van der Waals surface area (Å²) in [6, 6.07) is 10.5. The Morgan fingerprint density at radius 1 is 1.09 bits per heavy atom. The van der Waals surface area contributed by atoms with Crippen molar-refractivity contribution in [3.05, 3.63) is 48.0 Å². The summed E-state index contributed by atoms with van der Waals surface area (Å²) in [6.45, 7) is 6.80. The number of benzene rings is 1. The van der Waals surface area contributed by atoms with Gasteiger partial charge in [-0.3, -0.25) is 9.79 Å². The van der Waals surface area contributed by atoms with E-state index in [1.54, 1.807) is 6.33 Å². The van der Waals surface area contributed by atoms with Crippen LogP contribution < -0.4 is 10.6 Å². The average molecular weight is 440 g/mol. The lowest BCUT2D eigenvalue weighted by Crippen LogP contribution is -2.40. The van der Waals surface area contributed by atoms with Crippen LogP contribution in [0, 0.1) is 0 Å². The molecule has 1 amide bonds. The summed E-state index contributed by atoms with van der Waals surface area (Å²) in [5.41, 5.74) is 1.30. The lowest BCUT2D eigenvalue weighted by molar-refractivity contribution is -0.130. The number of hydrogen-bond acceptors (Lipinski definition) is 4. The van der Waals surface area contributed by atoms with E-state index < -0.39 is 0 Å². The third-order valence-electron chi connectivity index (χ3n) is 5.73. The molecular weight excluding hydrogens is 402 g/mol. The SMILES string of the molecule is CCc1nncn1CCNC(=NCCCN1CCCCCC1=O)NCCc1ccccc1. The maximum atomic E-state index is 12.2. The fourth-order valence-corrected chi connectivity index (χ4v) is 3.91. The van der Waals surface area contributed by atoms with Crippen LogP contribution in [0.25, 0.3) is 0 Å². The molecule has 1 aromatic heterocycles. The van der Waals surface area contributed by atoms with Gasteiger partial charge in [0.05, 0.1) is 0 Å². The molecule has 0 unspecified atom stereocenters. The second kappa shape index (κ2) is 13.5. The summed E-state index contributed by atoms with van der Waals surface area (Å²) in [6.07, 6.45) is 8.46. The van der Waals surface area contributed by atoms with Crippen molar-refractivity contribution in [2.45, 2.75) is 58.4 Å². The van der Waals surface area contributed by atoms with Gasteiger partial charge in [-0.15, -0.1) is 10.2 Å². The van der Waals surface area contributed by atoms with E-state index in [2.05, 4.69) is 56.6 Å². The molecule has 1 fully saturated rings. The minimum absolute atomic E-state index is 0.298. The number of rotatable bonds is 11. The molecule has 0 spiro atoms. The summed E-state index contributed by atoms with van der Waals surface area (Å²) < 4.78 is 2.07. The molecule has 1 aliphatic heterocycles. The highest BCUT2D eigenvalue weighted by molar-refractivity contribution is 5.79. The summed E-state index contributed by atoms with van der Waals surface area (Å²) in [5.74, 6) is 2.10. The standard InChI is InChI=1S/C24H37N7O/c1-2-22-29-28-20-31(22)19-16-27-24(26-15-13-21-10-5-3-6-11-21)25-14-9-18-30-17-8-4-7-12-23(30)32/h3,5-6,10-11,20H,2,4,7-9,12-19H2,1H3,(H2,25,26,27). The third-order valence-corrected chi connectivity index (χ3v) is 5.73. The van der Waals surface area contributed by atoms with Crippen LogP contribution in [0.4, 0.5) is 0 Å². The fourth-order valence-electron chi connectivity index (χ4n) is 3.91. The van der Waals surface area contributed by atoms with E-state index in [-0.39, 0.29) is 0 Å². The molecule has 8 nitrogen and oxygen atoms in total. The Bertz CT molecular complexity index is 834. The van der Waals surface area contributed by atoms with Crippen LogP contribution in [0.5, 0.6) is 0 Å². The van der Waals surface area contributed by atoms with Gasteiger partial charge < -0.3 is 20.1 Å². The first-order valence-electron chi connectivity index (χ1n) is 12.0. The van der Waals surface area contributed by atoms with E-state index in [9.17, 15) is 4.79 Å². The number of aromatic nitrogens is 3.